The molecule has 31 heavy (non-hydrogen) atoms. The van der Waals surface area contributed by atoms with Crippen molar-refractivity contribution in [3.8, 4) is 17.2 Å². The molecule has 6 heteroatoms. The van der Waals surface area contributed by atoms with Crippen molar-refractivity contribution < 1.29 is 24.1 Å². The molecule has 164 valence electrons. The van der Waals surface area contributed by atoms with Crippen LogP contribution in [-0.4, -0.2) is 57.2 Å². The topological polar surface area (TPSA) is 60.4 Å². The first-order valence-electron chi connectivity index (χ1n) is 10.4. The summed E-state index contributed by atoms with van der Waals surface area (Å²) < 4.78 is 22.4. The third-order valence-electron chi connectivity index (χ3n) is 5.95. The van der Waals surface area contributed by atoms with Crippen molar-refractivity contribution in [2.75, 3.05) is 41.1 Å². The van der Waals surface area contributed by atoms with E-state index in [2.05, 4.69) is 23.1 Å². The Labute approximate surface area is 182 Å². The van der Waals surface area contributed by atoms with Gasteiger partial charge in [-0.3, -0.25) is 4.90 Å². The third-order valence-corrected chi connectivity index (χ3v) is 5.95. The lowest BCUT2D eigenvalue weighted by molar-refractivity contribution is -0.0959. The van der Waals surface area contributed by atoms with Crippen molar-refractivity contribution in [3.63, 3.8) is 0 Å². The minimum atomic E-state index is -0.323. The molecule has 4 rings (SSSR count). The largest absolute Gasteiger partial charge is 0.496 e. The molecule has 1 heterocycles. The summed E-state index contributed by atoms with van der Waals surface area (Å²) in [6, 6.07) is 18.2. The highest BCUT2D eigenvalue weighted by Gasteiger charge is 2.34. The van der Waals surface area contributed by atoms with Gasteiger partial charge >= 0.3 is 0 Å². The van der Waals surface area contributed by atoms with Crippen LogP contribution >= 0.6 is 0 Å². The standard InChI is InChI=1S/C25H29NO5/c1-28-21-10-9-18(19-6-4-5-7-20(19)21)15-26-12-13-31-24(16-27)25(26)17-8-11-22(29-2)23(14-17)30-3/h4-11,14,24-25,27H,12-13,15-16H2,1-3H3/t24-,25-/m1/s1. The van der Waals surface area contributed by atoms with E-state index in [1.165, 1.54) is 10.9 Å². The van der Waals surface area contributed by atoms with Gasteiger partial charge < -0.3 is 24.1 Å². The first kappa shape index (κ1) is 21.4. The van der Waals surface area contributed by atoms with Gasteiger partial charge in [-0.1, -0.05) is 36.4 Å². The number of ether oxygens (including phenoxy) is 4. The molecule has 1 aliphatic heterocycles. The summed E-state index contributed by atoms with van der Waals surface area (Å²) in [6.07, 6.45) is -0.323. The van der Waals surface area contributed by atoms with E-state index in [4.69, 9.17) is 18.9 Å². The molecule has 0 amide bonds. The van der Waals surface area contributed by atoms with E-state index in [1.807, 2.05) is 36.4 Å². The number of benzene rings is 3. The van der Waals surface area contributed by atoms with E-state index in [0.717, 1.165) is 29.8 Å². The van der Waals surface area contributed by atoms with E-state index in [1.54, 1.807) is 21.3 Å². The van der Waals surface area contributed by atoms with Crippen LogP contribution in [0.1, 0.15) is 17.2 Å². The molecule has 0 aromatic heterocycles. The van der Waals surface area contributed by atoms with Gasteiger partial charge in [-0.25, -0.2) is 0 Å². The number of aliphatic hydroxyl groups excluding tert-OH is 1. The normalized spacial score (nSPS) is 19.4. The van der Waals surface area contributed by atoms with Gasteiger partial charge in [-0.2, -0.15) is 0 Å². The van der Waals surface area contributed by atoms with Crippen LogP contribution in [0.15, 0.2) is 54.6 Å². The Morgan fingerprint density at radius 1 is 0.903 bits per heavy atom. The fraction of sp³-hybridized carbons (Fsp3) is 0.360. The number of fused-ring (bicyclic) bond motifs is 1. The second-order valence-electron chi connectivity index (χ2n) is 7.59. The third kappa shape index (κ3) is 4.19. The minimum Gasteiger partial charge on any atom is -0.496 e. The van der Waals surface area contributed by atoms with Gasteiger partial charge in [-0.15, -0.1) is 0 Å². The summed E-state index contributed by atoms with van der Waals surface area (Å²) in [6.45, 7) is 2.00. The maximum Gasteiger partial charge on any atom is 0.161 e. The average Bonchev–Trinajstić information content (AvgIpc) is 2.83. The van der Waals surface area contributed by atoms with Crippen LogP contribution in [0.4, 0.5) is 0 Å². The predicted molar refractivity (Wildman–Crippen MR) is 120 cm³/mol. The Bertz CT molecular complexity index is 1040. The molecule has 0 bridgehead atoms. The molecular weight excluding hydrogens is 394 g/mol. The van der Waals surface area contributed by atoms with Gasteiger partial charge in [-0.05, 0) is 34.7 Å². The zero-order valence-corrected chi connectivity index (χ0v) is 18.2. The maximum atomic E-state index is 10.0. The van der Waals surface area contributed by atoms with Crippen molar-refractivity contribution in [1.82, 2.24) is 4.90 Å². The van der Waals surface area contributed by atoms with Gasteiger partial charge in [0.2, 0.25) is 0 Å². The SMILES string of the molecule is COc1ccc([C@@H]2[C@@H](CO)OCCN2Cc2ccc(OC)c3ccccc23)cc1OC. The predicted octanol–water partition coefficient (Wildman–Crippen LogP) is 3.80. The first-order chi connectivity index (χ1) is 15.2. The Hall–Kier alpha value is -2.80. The van der Waals surface area contributed by atoms with Crippen LogP contribution in [0.3, 0.4) is 0 Å². The fourth-order valence-electron chi connectivity index (χ4n) is 4.45. The van der Waals surface area contributed by atoms with Gasteiger partial charge in [0.25, 0.3) is 0 Å². The summed E-state index contributed by atoms with van der Waals surface area (Å²) in [5, 5.41) is 12.3. The molecule has 2 atom stereocenters. The van der Waals surface area contributed by atoms with Crippen LogP contribution in [0.2, 0.25) is 0 Å². The number of hydrogen-bond donors (Lipinski definition) is 1. The van der Waals surface area contributed by atoms with E-state index < -0.39 is 0 Å². The molecule has 1 saturated heterocycles. The van der Waals surface area contributed by atoms with E-state index in [0.29, 0.717) is 18.1 Å². The number of hydrogen-bond acceptors (Lipinski definition) is 6. The lowest BCUT2D eigenvalue weighted by Gasteiger charge is -2.41. The maximum absolute atomic E-state index is 10.0. The molecule has 1 fully saturated rings. The monoisotopic (exact) mass is 423 g/mol. The lowest BCUT2D eigenvalue weighted by Crippen LogP contribution is -2.46. The van der Waals surface area contributed by atoms with E-state index >= 15 is 0 Å². The van der Waals surface area contributed by atoms with Crippen LogP contribution in [0.5, 0.6) is 17.2 Å². The number of methoxy groups -OCH3 is 3. The molecule has 0 radical (unpaired) electrons. The van der Waals surface area contributed by atoms with Gasteiger partial charge in [0.05, 0.1) is 40.6 Å². The average molecular weight is 424 g/mol. The van der Waals surface area contributed by atoms with Crippen LogP contribution in [-0.2, 0) is 11.3 Å². The van der Waals surface area contributed by atoms with Gasteiger partial charge in [0.15, 0.2) is 11.5 Å². The van der Waals surface area contributed by atoms with Crippen molar-refractivity contribution in [2.24, 2.45) is 0 Å². The molecule has 6 nitrogen and oxygen atoms in total. The molecule has 1 N–H and O–H groups in total. The first-order valence-corrected chi connectivity index (χ1v) is 10.4. The van der Waals surface area contributed by atoms with Crippen molar-refractivity contribution in [3.05, 3.63) is 65.7 Å². The number of aliphatic hydroxyl groups is 1. The van der Waals surface area contributed by atoms with Crippen LogP contribution < -0.4 is 14.2 Å². The zero-order chi connectivity index (χ0) is 21.8. The molecule has 1 aliphatic rings. The van der Waals surface area contributed by atoms with Gasteiger partial charge in [0.1, 0.15) is 11.9 Å². The Morgan fingerprint density at radius 3 is 2.32 bits per heavy atom. The van der Waals surface area contributed by atoms with Crippen molar-refractivity contribution >= 4 is 10.8 Å². The molecule has 0 unspecified atom stereocenters. The lowest BCUT2D eigenvalue weighted by atomic mass is 9.96. The van der Waals surface area contributed by atoms with E-state index in [-0.39, 0.29) is 18.8 Å². The summed E-state index contributed by atoms with van der Waals surface area (Å²) in [4.78, 5) is 2.36. The molecule has 0 saturated carbocycles. The molecule has 0 aliphatic carbocycles. The van der Waals surface area contributed by atoms with Crippen LogP contribution in [0.25, 0.3) is 10.8 Å². The summed E-state index contributed by atoms with van der Waals surface area (Å²) in [7, 11) is 4.95. The Kier molecular flexibility index (Phi) is 6.61. The van der Waals surface area contributed by atoms with E-state index in [9.17, 15) is 5.11 Å². The number of morpholine rings is 1. The highest BCUT2D eigenvalue weighted by atomic mass is 16.5. The highest BCUT2D eigenvalue weighted by molar-refractivity contribution is 5.91. The second kappa shape index (κ2) is 9.56. The molecule has 3 aromatic rings. The fourth-order valence-corrected chi connectivity index (χ4v) is 4.45. The molecule has 0 spiro atoms. The summed E-state index contributed by atoms with van der Waals surface area (Å²) in [5.41, 5.74) is 2.23. The van der Waals surface area contributed by atoms with Gasteiger partial charge in [0, 0.05) is 18.5 Å². The smallest absolute Gasteiger partial charge is 0.161 e. The highest BCUT2D eigenvalue weighted by Crippen LogP contribution is 2.37. The summed E-state index contributed by atoms with van der Waals surface area (Å²) >= 11 is 0. The van der Waals surface area contributed by atoms with Crippen LogP contribution in [0, 0.1) is 0 Å². The van der Waals surface area contributed by atoms with Crippen molar-refractivity contribution in [1.29, 1.82) is 0 Å². The minimum absolute atomic E-state index is 0.0567. The Balaban J connectivity index is 1.72. The zero-order valence-electron chi connectivity index (χ0n) is 18.2. The summed E-state index contributed by atoms with van der Waals surface area (Å²) in [5.74, 6) is 2.21. The molecular formula is C25H29NO5. The molecule has 3 aromatic carbocycles. The number of nitrogens with zero attached hydrogens (tertiary/aromatic N) is 1. The van der Waals surface area contributed by atoms with Crippen molar-refractivity contribution in [2.45, 2.75) is 18.7 Å². The number of rotatable bonds is 7. The second-order valence-corrected chi connectivity index (χ2v) is 7.59. The quantitative estimate of drug-likeness (QED) is 0.624. The Morgan fingerprint density at radius 2 is 1.61 bits per heavy atom.